The number of carbonyl (C=O) groups excluding carboxylic acids is 1. The highest BCUT2D eigenvalue weighted by atomic mass is 16.2. The van der Waals surface area contributed by atoms with E-state index in [1.807, 2.05) is 31.2 Å². The van der Waals surface area contributed by atoms with E-state index in [-0.39, 0.29) is 12.1 Å². The summed E-state index contributed by atoms with van der Waals surface area (Å²) in [6, 6.07) is 8.62. The van der Waals surface area contributed by atoms with E-state index in [0.29, 0.717) is 6.04 Å². The summed E-state index contributed by atoms with van der Waals surface area (Å²) in [7, 11) is 0. The van der Waals surface area contributed by atoms with Gasteiger partial charge in [-0.3, -0.25) is 0 Å². The normalized spacial score (nSPS) is 17.2. The number of piperidine rings is 1. The summed E-state index contributed by atoms with van der Waals surface area (Å²) >= 11 is 0. The summed E-state index contributed by atoms with van der Waals surface area (Å²) in [5.41, 5.74) is 1.96. The van der Waals surface area contributed by atoms with Crippen molar-refractivity contribution in [3.63, 3.8) is 0 Å². The van der Waals surface area contributed by atoms with E-state index in [1.165, 1.54) is 0 Å². The number of rotatable bonds is 3. The van der Waals surface area contributed by atoms with Crippen LogP contribution in [0.2, 0.25) is 0 Å². The first-order valence-corrected chi connectivity index (χ1v) is 7.43. The lowest BCUT2D eigenvalue weighted by Gasteiger charge is -2.34. The number of benzene rings is 1. The number of carbonyl (C=O) groups is 1. The van der Waals surface area contributed by atoms with Gasteiger partial charge in [0.2, 0.25) is 0 Å². The standard InChI is InChI=1S/C16H25N3O/c1-12(2)19-10-8-14(9-11-19)17-16(20)18-15-7-5-4-6-13(15)3/h4-7,12,14H,8-11H2,1-3H3,(H2,17,18,20). The second kappa shape index (κ2) is 6.75. The highest BCUT2D eigenvalue weighted by Crippen LogP contribution is 2.15. The molecule has 0 spiro atoms. The van der Waals surface area contributed by atoms with Crippen LogP contribution in [0.5, 0.6) is 0 Å². The highest BCUT2D eigenvalue weighted by Gasteiger charge is 2.21. The molecule has 4 nitrogen and oxygen atoms in total. The monoisotopic (exact) mass is 275 g/mol. The van der Waals surface area contributed by atoms with E-state index in [1.54, 1.807) is 0 Å². The van der Waals surface area contributed by atoms with Crippen LogP contribution in [0.25, 0.3) is 0 Å². The third kappa shape index (κ3) is 3.97. The fourth-order valence-corrected chi connectivity index (χ4v) is 2.62. The van der Waals surface area contributed by atoms with Gasteiger partial charge in [-0.2, -0.15) is 0 Å². The number of likely N-dealkylation sites (tertiary alicyclic amines) is 1. The van der Waals surface area contributed by atoms with Crippen molar-refractivity contribution in [1.29, 1.82) is 0 Å². The van der Waals surface area contributed by atoms with Crippen LogP contribution < -0.4 is 10.6 Å². The van der Waals surface area contributed by atoms with Gasteiger partial charge in [-0.15, -0.1) is 0 Å². The smallest absolute Gasteiger partial charge is 0.319 e. The zero-order valence-corrected chi connectivity index (χ0v) is 12.6. The molecule has 4 heteroatoms. The summed E-state index contributed by atoms with van der Waals surface area (Å²) in [6.07, 6.45) is 2.05. The molecular weight excluding hydrogens is 250 g/mol. The van der Waals surface area contributed by atoms with E-state index in [4.69, 9.17) is 0 Å². The molecule has 2 rings (SSSR count). The zero-order valence-electron chi connectivity index (χ0n) is 12.6. The molecule has 1 aliphatic rings. The van der Waals surface area contributed by atoms with E-state index in [9.17, 15) is 4.79 Å². The molecule has 2 N–H and O–H groups in total. The van der Waals surface area contributed by atoms with Gasteiger partial charge in [0.05, 0.1) is 0 Å². The fourth-order valence-electron chi connectivity index (χ4n) is 2.62. The van der Waals surface area contributed by atoms with Crippen LogP contribution in [0.15, 0.2) is 24.3 Å². The second-order valence-electron chi connectivity index (χ2n) is 5.82. The molecule has 1 saturated heterocycles. The number of urea groups is 1. The Morgan fingerprint density at radius 1 is 1.25 bits per heavy atom. The minimum absolute atomic E-state index is 0.0951. The van der Waals surface area contributed by atoms with Gasteiger partial charge < -0.3 is 15.5 Å². The van der Waals surface area contributed by atoms with Crippen molar-refractivity contribution in [3.8, 4) is 0 Å². The van der Waals surface area contributed by atoms with Crippen molar-refractivity contribution in [1.82, 2.24) is 10.2 Å². The number of nitrogens with zero attached hydrogens (tertiary/aromatic N) is 1. The third-order valence-corrected chi connectivity index (χ3v) is 3.99. The van der Waals surface area contributed by atoms with Gasteiger partial charge in [-0.05, 0) is 45.2 Å². The van der Waals surface area contributed by atoms with E-state index in [0.717, 1.165) is 37.2 Å². The van der Waals surface area contributed by atoms with E-state index in [2.05, 4.69) is 29.4 Å². The number of hydrogen-bond donors (Lipinski definition) is 2. The van der Waals surface area contributed by atoms with Crippen LogP contribution in [0.4, 0.5) is 10.5 Å². The lowest BCUT2D eigenvalue weighted by Crippen LogP contribution is -2.47. The molecule has 1 fully saturated rings. The molecule has 0 saturated carbocycles. The van der Waals surface area contributed by atoms with E-state index < -0.39 is 0 Å². The molecule has 0 aromatic heterocycles. The molecule has 1 aromatic carbocycles. The highest BCUT2D eigenvalue weighted by molar-refractivity contribution is 5.90. The van der Waals surface area contributed by atoms with Crippen LogP contribution in [-0.2, 0) is 0 Å². The summed E-state index contributed by atoms with van der Waals surface area (Å²) in [5, 5.41) is 6.01. The summed E-state index contributed by atoms with van der Waals surface area (Å²) in [6.45, 7) is 8.56. The van der Waals surface area contributed by atoms with Crippen molar-refractivity contribution in [2.75, 3.05) is 18.4 Å². The minimum Gasteiger partial charge on any atom is -0.335 e. The SMILES string of the molecule is Cc1ccccc1NC(=O)NC1CCN(C(C)C)CC1. The maximum Gasteiger partial charge on any atom is 0.319 e. The van der Waals surface area contributed by atoms with Gasteiger partial charge in [0.15, 0.2) is 0 Å². The van der Waals surface area contributed by atoms with Crippen molar-refractivity contribution < 1.29 is 4.79 Å². The largest absolute Gasteiger partial charge is 0.335 e. The number of nitrogens with one attached hydrogen (secondary N) is 2. The average molecular weight is 275 g/mol. The van der Waals surface area contributed by atoms with Gasteiger partial charge in [-0.1, -0.05) is 18.2 Å². The molecular formula is C16H25N3O. The predicted octanol–water partition coefficient (Wildman–Crippen LogP) is 2.99. The number of aryl methyl sites for hydroxylation is 1. The Labute approximate surface area is 121 Å². The number of para-hydroxylation sites is 1. The molecule has 0 aliphatic carbocycles. The Morgan fingerprint density at radius 2 is 1.90 bits per heavy atom. The third-order valence-electron chi connectivity index (χ3n) is 3.99. The zero-order chi connectivity index (χ0) is 14.5. The first kappa shape index (κ1) is 14.9. The molecule has 0 bridgehead atoms. The Bertz CT molecular complexity index is 451. The van der Waals surface area contributed by atoms with Gasteiger partial charge in [-0.25, -0.2) is 4.79 Å². The van der Waals surface area contributed by atoms with Crippen molar-refractivity contribution in [2.24, 2.45) is 0 Å². The summed E-state index contributed by atoms with van der Waals surface area (Å²) < 4.78 is 0. The summed E-state index contributed by atoms with van der Waals surface area (Å²) in [4.78, 5) is 14.5. The van der Waals surface area contributed by atoms with Gasteiger partial charge in [0.1, 0.15) is 0 Å². The maximum atomic E-state index is 12.0. The fraction of sp³-hybridized carbons (Fsp3) is 0.562. The van der Waals surface area contributed by atoms with Crippen molar-refractivity contribution >= 4 is 11.7 Å². The first-order chi connectivity index (χ1) is 9.56. The predicted molar refractivity (Wildman–Crippen MR) is 83.1 cm³/mol. The molecule has 1 aliphatic heterocycles. The molecule has 1 aromatic rings. The topological polar surface area (TPSA) is 44.4 Å². The Morgan fingerprint density at radius 3 is 2.50 bits per heavy atom. The van der Waals surface area contributed by atoms with Gasteiger partial charge in [0, 0.05) is 30.9 Å². The van der Waals surface area contributed by atoms with Crippen LogP contribution in [0.3, 0.4) is 0 Å². The van der Waals surface area contributed by atoms with Crippen molar-refractivity contribution in [3.05, 3.63) is 29.8 Å². The summed E-state index contributed by atoms with van der Waals surface area (Å²) in [5.74, 6) is 0. The minimum atomic E-state index is -0.0951. The van der Waals surface area contributed by atoms with Gasteiger partial charge in [0.25, 0.3) is 0 Å². The number of hydrogen-bond acceptors (Lipinski definition) is 2. The molecule has 0 atom stereocenters. The lowest BCUT2D eigenvalue weighted by molar-refractivity contribution is 0.163. The van der Waals surface area contributed by atoms with E-state index >= 15 is 0 Å². The maximum absolute atomic E-state index is 12.0. The van der Waals surface area contributed by atoms with Crippen LogP contribution >= 0.6 is 0 Å². The van der Waals surface area contributed by atoms with Crippen molar-refractivity contribution in [2.45, 2.75) is 45.7 Å². The molecule has 1 heterocycles. The van der Waals surface area contributed by atoms with Crippen LogP contribution in [0, 0.1) is 6.92 Å². The second-order valence-corrected chi connectivity index (χ2v) is 5.82. The average Bonchev–Trinajstić information content (AvgIpc) is 2.42. The number of amides is 2. The first-order valence-electron chi connectivity index (χ1n) is 7.43. The quantitative estimate of drug-likeness (QED) is 0.890. The lowest BCUT2D eigenvalue weighted by atomic mass is 10.0. The van der Waals surface area contributed by atoms with Gasteiger partial charge >= 0.3 is 6.03 Å². The Hall–Kier alpha value is -1.55. The molecule has 2 amide bonds. The van der Waals surface area contributed by atoms with Crippen LogP contribution in [-0.4, -0.2) is 36.1 Å². The molecule has 110 valence electrons. The Kier molecular flexibility index (Phi) is 5.01. The molecule has 0 unspecified atom stereocenters. The Balaban J connectivity index is 1.80. The van der Waals surface area contributed by atoms with Crippen LogP contribution in [0.1, 0.15) is 32.3 Å². The molecule has 0 radical (unpaired) electrons. The molecule has 20 heavy (non-hydrogen) atoms. The number of anilines is 1.